The molecule has 9 nitrogen and oxygen atoms in total. The molecule has 37 heavy (non-hydrogen) atoms. The van der Waals surface area contributed by atoms with E-state index in [2.05, 4.69) is 10.7 Å². The molecule has 2 atom stereocenters. The second-order valence-corrected chi connectivity index (χ2v) is 10.6. The molecule has 1 heterocycles. The van der Waals surface area contributed by atoms with E-state index in [1.807, 2.05) is 77.2 Å². The number of nitrogens with one attached hydrogen (secondary N) is 2. The molecule has 0 radical (unpaired) electrons. The number of alkyl carbamates (subject to hydrolysis) is 1. The predicted octanol–water partition coefficient (Wildman–Crippen LogP) is 4.06. The third-order valence-corrected chi connectivity index (χ3v) is 6.09. The Morgan fingerprint density at radius 1 is 1.05 bits per heavy atom. The van der Waals surface area contributed by atoms with E-state index in [0.29, 0.717) is 13.1 Å². The van der Waals surface area contributed by atoms with Gasteiger partial charge in [-0.15, -0.1) is 11.8 Å². The fourth-order valence-electron chi connectivity index (χ4n) is 3.61. The van der Waals surface area contributed by atoms with Crippen LogP contribution in [0.2, 0.25) is 0 Å². The van der Waals surface area contributed by atoms with E-state index < -0.39 is 29.9 Å². The van der Waals surface area contributed by atoms with Gasteiger partial charge in [0.05, 0.1) is 24.7 Å². The van der Waals surface area contributed by atoms with E-state index in [0.717, 1.165) is 17.0 Å². The van der Waals surface area contributed by atoms with Crippen molar-refractivity contribution in [2.45, 2.75) is 51.5 Å². The highest BCUT2D eigenvalue weighted by Crippen LogP contribution is 2.16. The number of aliphatic hydroxyl groups excluding tert-OH is 1. The molecule has 2 aromatic rings. The average molecular weight is 529 g/mol. The maximum absolute atomic E-state index is 12.7. The van der Waals surface area contributed by atoms with Crippen LogP contribution in [-0.2, 0) is 22.5 Å². The minimum atomic E-state index is -1.03. The number of benzene rings is 2. The molecule has 0 fully saturated rings. The molecule has 0 aromatic heterocycles. The molecule has 0 unspecified atom stereocenters. The summed E-state index contributed by atoms with van der Waals surface area (Å²) in [5, 5.41) is 17.6. The monoisotopic (exact) mass is 528 g/mol. The lowest BCUT2D eigenvalue weighted by Crippen LogP contribution is -2.55. The normalized spacial score (nSPS) is 14.8. The molecule has 200 valence electrons. The third kappa shape index (κ3) is 10.7. The molecule has 0 saturated heterocycles. The Hall–Kier alpha value is -3.21. The number of ether oxygens (including phenoxy) is 2. The first kappa shape index (κ1) is 28.4. The van der Waals surface area contributed by atoms with Gasteiger partial charge in [0.2, 0.25) is 0 Å². The number of amides is 2. The highest BCUT2D eigenvalue weighted by atomic mass is 32.2. The molecule has 1 aliphatic rings. The number of carbonyl (C=O) groups is 2. The van der Waals surface area contributed by atoms with Crippen molar-refractivity contribution in [1.29, 1.82) is 0 Å². The number of hydrazine groups is 1. The summed E-state index contributed by atoms with van der Waals surface area (Å²) in [6.07, 6.45) is 0.0160. The number of carbonyl (C=O) groups excluding carboxylic acids is 2. The molecule has 0 spiro atoms. The van der Waals surface area contributed by atoms with Crippen LogP contribution < -0.4 is 10.7 Å². The van der Waals surface area contributed by atoms with E-state index in [1.54, 1.807) is 37.5 Å². The van der Waals surface area contributed by atoms with Crippen molar-refractivity contribution in [3.8, 4) is 0 Å². The minimum Gasteiger partial charge on any atom is -0.445 e. The lowest BCUT2D eigenvalue weighted by molar-refractivity contribution is 0.00567. The molecule has 1 aliphatic heterocycles. The van der Waals surface area contributed by atoms with Gasteiger partial charge in [0.1, 0.15) is 12.2 Å². The van der Waals surface area contributed by atoms with Crippen molar-refractivity contribution < 1.29 is 24.2 Å². The Morgan fingerprint density at radius 3 is 2.30 bits per heavy atom. The van der Waals surface area contributed by atoms with Crippen LogP contribution in [0, 0.1) is 0 Å². The van der Waals surface area contributed by atoms with Crippen LogP contribution >= 0.6 is 11.8 Å². The molecule has 2 amide bonds. The number of aliphatic hydroxyl groups is 1. The van der Waals surface area contributed by atoms with Gasteiger partial charge in [-0.05, 0) is 43.7 Å². The second kappa shape index (κ2) is 13.9. The third-order valence-electron chi connectivity index (χ3n) is 5.30. The van der Waals surface area contributed by atoms with Crippen LogP contribution in [0.15, 0.2) is 72.3 Å². The van der Waals surface area contributed by atoms with Crippen LogP contribution in [-0.4, -0.2) is 64.0 Å². The van der Waals surface area contributed by atoms with Crippen molar-refractivity contribution in [3.05, 3.63) is 83.4 Å². The Kier molecular flexibility index (Phi) is 10.7. The Morgan fingerprint density at radius 2 is 1.70 bits per heavy atom. The second-order valence-electron chi connectivity index (χ2n) is 9.72. The summed E-state index contributed by atoms with van der Waals surface area (Å²) in [7, 11) is 0. The van der Waals surface area contributed by atoms with Crippen LogP contribution in [0.1, 0.15) is 31.9 Å². The maximum atomic E-state index is 12.7. The smallest absolute Gasteiger partial charge is 0.422 e. The van der Waals surface area contributed by atoms with E-state index in [9.17, 15) is 14.7 Å². The first-order chi connectivity index (χ1) is 17.7. The number of hydrogen-bond acceptors (Lipinski definition) is 8. The van der Waals surface area contributed by atoms with Crippen molar-refractivity contribution in [2.24, 2.45) is 0 Å². The summed E-state index contributed by atoms with van der Waals surface area (Å²) in [4.78, 5) is 27.1. The summed E-state index contributed by atoms with van der Waals surface area (Å²) >= 11 is 1.63. The Bertz CT molecular complexity index is 1020. The summed E-state index contributed by atoms with van der Waals surface area (Å²) < 4.78 is 10.8. The number of nitrogens with zero attached hydrogens (tertiary/aromatic N) is 2. The number of rotatable bonds is 11. The van der Waals surface area contributed by atoms with Gasteiger partial charge >= 0.3 is 12.2 Å². The standard InChI is InChI=1S/C27H36N4O5S/c1-27(2,3)36-26(34)29-31(19-30-14-15-37-20-30)17-24(32)23(16-21-10-6-4-7-11-21)28-25(33)35-18-22-12-8-5-9-13-22/h4-15,23-24,32H,16-20H2,1-3H3,(H,28,33)(H,29,34)/t23-,24-/m0/s1. The predicted molar refractivity (Wildman–Crippen MR) is 144 cm³/mol. The lowest BCUT2D eigenvalue weighted by Gasteiger charge is -2.33. The van der Waals surface area contributed by atoms with E-state index in [4.69, 9.17) is 9.47 Å². The van der Waals surface area contributed by atoms with Gasteiger partial charge in [0.15, 0.2) is 0 Å². The van der Waals surface area contributed by atoms with Crippen molar-refractivity contribution in [1.82, 2.24) is 20.7 Å². The summed E-state index contributed by atoms with van der Waals surface area (Å²) in [5.41, 5.74) is 3.87. The number of hydrogen-bond donors (Lipinski definition) is 3. The van der Waals surface area contributed by atoms with Crippen LogP contribution in [0.3, 0.4) is 0 Å². The highest BCUT2D eigenvalue weighted by Gasteiger charge is 2.27. The van der Waals surface area contributed by atoms with Crippen LogP contribution in [0.25, 0.3) is 0 Å². The van der Waals surface area contributed by atoms with Crippen molar-refractivity contribution in [2.75, 3.05) is 19.1 Å². The van der Waals surface area contributed by atoms with Crippen molar-refractivity contribution >= 4 is 23.9 Å². The van der Waals surface area contributed by atoms with E-state index in [1.165, 1.54) is 0 Å². The van der Waals surface area contributed by atoms with Gasteiger partial charge in [-0.3, -0.25) is 5.43 Å². The topological polar surface area (TPSA) is 103 Å². The zero-order chi connectivity index (χ0) is 26.7. The first-order valence-electron chi connectivity index (χ1n) is 12.1. The first-order valence-corrected chi connectivity index (χ1v) is 13.2. The summed E-state index contributed by atoms with van der Waals surface area (Å²) in [6.45, 7) is 5.85. The average Bonchev–Trinajstić information content (AvgIpc) is 3.35. The van der Waals surface area contributed by atoms with E-state index in [-0.39, 0.29) is 13.2 Å². The molecule has 0 bridgehead atoms. The molecule has 10 heteroatoms. The molecule has 3 N–H and O–H groups in total. The van der Waals surface area contributed by atoms with Gasteiger partial charge in [-0.25, -0.2) is 9.59 Å². The molecular formula is C27H36N4O5S. The van der Waals surface area contributed by atoms with Crippen LogP contribution in [0.4, 0.5) is 9.59 Å². The largest absolute Gasteiger partial charge is 0.445 e. The molecule has 0 aliphatic carbocycles. The molecule has 0 saturated carbocycles. The zero-order valence-electron chi connectivity index (χ0n) is 21.5. The Labute approximate surface area is 222 Å². The SMILES string of the molecule is CC(C)(C)OC(=O)NN(C[C@H](O)[C@H](Cc1ccccc1)NC(=O)OCc1ccccc1)CN1C=CSC1. The van der Waals surface area contributed by atoms with Gasteiger partial charge in [-0.2, -0.15) is 5.01 Å². The Balaban J connectivity index is 1.68. The van der Waals surface area contributed by atoms with E-state index >= 15 is 0 Å². The van der Waals surface area contributed by atoms with Crippen molar-refractivity contribution in [3.63, 3.8) is 0 Å². The zero-order valence-corrected chi connectivity index (χ0v) is 22.3. The molecule has 2 aromatic carbocycles. The quantitative estimate of drug-likeness (QED) is 0.375. The summed E-state index contributed by atoms with van der Waals surface area (Å²) in [6, 6.07) is 18.3. The maximum Gasteiger partial charge on any atom is 0.422 e. The number of thioether (sulfide) groups is 1. The highest BCUT2D eigenvalue weighted by molar-refractivity contribution is 8.02. The molecular weight excluding hydrogens is 492 g/mol. The molecule has 3 rings (SSSR count). The summed E-state index contributed by atoms with van der Waals surface area (Å²) in [5.74, 6) is 0.722. The fourth-order valence-corrected chi connectivity index (χ4v) is 4.31. The minimum absolute atomic E-state index is 0.0463. The van der Waals surface area contributed by atoms with Gasteiger partial charge in [0, 0.05) is 12.7 Å². The van der Waals surface area contributed by atoms with Gasteiger partial charge < -0.3 is 24.8 Å². The lowest BCUT2D eigenvalue weighted by atomic mass is 10.0. The van der Waals surface area contributed by atoms with Crippen LogP contribution in [0.5, 0.6) is 0 Å². The fraction of sp³-hybridized carbons (Fsp3) is 0.407. The van der Waals surface area contributed by atoms with Gasteiger partial charge in [0.25, 0.3) is 0 Å². The van der Waals surface area contributed by atoms with Gasteiger partial charge in [-0.1, -0.05) is 60.7 Å².